The van der Waals surface area contributed by atoms with E-state index in [9.17, 15) is 4.79 Å². The van der Waals surface area contributed by atoms with Crippen LogP contribution in [0.5, 0.6) is 0 Å². The Balaban J connectivity index is 1.86. The third-order valence-corrected chi connectivity index (χ3v) is 6.50. The Morgan fingerprint density at radius 3 is 2.32 bits per heavy atom. The maximum absolute atomic E-state index is 12.6. The predicted molar refractivity (Wildman–Crippen MR) is 139 cm³/mol. The molecule has 0 aliphatic carbocycles. The molecule has 1 amide bonds. The summed E-state index contributed by atoms with van der Waals surface area (Å²) in [7, 11) is 0. The highest BCUT2D eigenvalue weighted by Crippen LogP contribution is 2.35. The van der Waals surface area contributed by atoms with Gasteiger partial charge in [-0.05, 0) is 52.2 Å². The molecule has 2 heterocycles. The van der Waals surface area contributed by atoms with Gasteiger partial charge in [-0.15, -0.1) is 0 Å². The number of benzene rings is 1. The average Bonchev–Trinajstić information content (AvgIpc) is 2.74. The fourth-order valence-corrected chi connectivity index (χ4v) is 4.69. The Hall–Kier alpha value is -2.31. The van der Waals surface area contributed by atoms with E-state index in [1.165, 1.54) is 0 Å². The fourth-order valence-electron chi connectivity index (χ4n) is 4.21. The van der Waals surface area contributed by atoms with Gasteiger partial charge in [0.1, 0.15) is 16.6 Å². The molecule has 1 aromatic heterocycles. The Kier molecular flexibility index (Phi) is 7.83. The van der Waals surface area contributed by atoms with Crippen molar-refractivity contribution < 1.29 is 9.53 Å². The number of nitrogens with zero attached hydrogens (tertiary/aromatic N) is 3. The van der Waals surface area contributed by atoms with Crippen molar-refractivity contribution in [3.8, 4) is 11.3 Å². The molecule has 0 radical (unpaired) electrons. The van der Waals surface area contributed by atoms with Crippen LogP contribution < -0.4 is 0 Å². The van der Waals surface area contributed by atoms with Crippen LogP contribution in [0.3, 0.4) is 0 Å². The zero-order valence-electron chi connectivity index (χ0n) is 20.9. The van der Waals surface area contributed by atoms with Crippen LogP contribution in [-0.4, -0.2) is 57.5 Å². The quantitative estimate of drug-likeness (QED) is 0.282. The molecule has 0 saturated carbocycles. The molecule has 1 saturated heterocycles. The minimum absolute atomic E-state index is 0.104. The normalized spacial score (nSPS) is 18.9. The standard InChI is InChI=1S/C26H34Cl2N4O2/c1-15(2)18-10-8-9-11-19(18)22-21(27)12-20(23(28)30-22)24(29)31-13-17(4)32(14-16(31)3)25(33)34-26(5,6)7/h8-12,15-17,29H,13-14H2,1-7H3/t16-,17-/m0/s1. The van der Waals surface area contributed by atoms with E-state index in [0.29, 0.717) is 35.3 Å². The number of hydrogen-bond acceptors (Lipinski definition) is 4. The van der Waals surface area contributed by atoms with Crippen LogP contribution >= 0.6 is 23.2 Å². The van der Waals surface area contributed by atoms with Gasteiger partial charge in [0.05, 0.1) is 16.3 Å². The summed E-state index contributed by atoms with van der Waals surface area (Å²) in [6.45, 7) is 14.7. The first-order valence-corrected chi connectivity index (χ1v) is 12.4. The molecule has 0 unspecified atom stereocenters. The molecular weight excluding hydrogens is 471 g/mol. The number of carbonyl (C=O) groups is 1. The highest BCUT2D eigenvalue weighted by Gasteiger charge is 2.36. The van der Waals surface area contributed by atoms with Crippen LogP contribution in [0, 0.1) is 5.41 Å². The van der Waals surface area contributed by atoms with Gasteiger partial charge in [0.25, 0.3) is 0 Å². The molecular formula is C26H34Cl2N4O2. The predicted octanol–water partition coefficient (Wildman–Crippen LogP) is 6.83. The van der Waals surface area contributed by atoms with Gasteiger partial charge in [0, 0.05) is 30.7 Å². The van der Waals surface area contributed by atoms with Crippen LogP contribution in [-0.2, 0) is 4.74 Å². The van der Waals surface area contributed by atoms with E-state index in [1.807, 2.05) is 57.7 Å². The summed E-state index contributed by atoms with van der Waals surface area (Å²) < 4.78 is 5.56. The van der Waals surface area contributed by atoms with Crippen molar-refractivity contribution in [2.45, 2.75) is 72.1 Å². The number of aromatic nitrogens is 1. The molecule has 3 rings (SSSR count). The van der Waals surface area contributed by atoms with Crippen molar-refractivity contribution >= 4 is 35.1 Å². The van der Waals surface area contributed by atoms with Crippen molar-refractivity contribution in [3.63, 3.8) is 0 Å². The number of amides is 1. The van der Waals surface area contributed by atoms with Crippen LogP contribution in [0.15, 0.2) is 30.3 Å². The summed E-state index contributed by atoms with van der Waals surface area (Å²) in [4.78, 5) is 20.9. The summed E-state index contributed by atoms with van der Waals surface area (Å²) in [6, 6.07) is 9.50. The number of pyridine rings is 1. The highest BCUT2D eigenvalue weighted by atomic mass is 35.5. The Morgan fingerprint density at radius 2 is 1.71 bits per heavy atom. The summed E-state index contributed by atoms with van der Waals surface area (Å²) in [5.41, 5.74) is 2.60. The van der Waals surface area contributed by atoms with Gasteiger partial charge < -0.3 is 14.5 Å². The first kappa shape index (κ1) is 26.3. The minimum atomic E-state index is -0.560. The zero-order chi connectivity index (χ0) is 25.4. The van der Waals surface area contributed by atoms with Gasteiger partial charge in [-0.25, -0.2) is 9.78 Å². The number of halogens is 2. The van der Waals surface area contributed by atoms with Crippen molar-refractivity contribution in [3.05, 3.63) is 51.6 Å². The molecule has 0 bridgehead atoms. The van der Waals surface area contributed by atoms with E-state index in [2.05, 4.69) is 24.9 Å². The van der Waals surface area contributed by atoms with Crippen molar-refractivity contribution in [2.24, 2.45) is 0 Å². The maximum atomic E-state index is 12.6. The Labute approximate surface area is 212 Å². The molecule has 2 aromatic rings. The van der Waals surface area contributed by atoms with Gasteiger partial charge >= 0.3 is 6.09 Å². The van der Waals surface area contributed by atoms with Gasteiger partial charge in [-0.2, -0.15) is 0 Å². The topological polar surface area (TPSA) is 69.5 Å². The molecule has 1 aliphatic heterocycles. The molecule has 34 heavy (non-hydrogen) atoms. The molecule has 1 fully saturated rings. The van der Waals surface area contributed by atoms with E-state index in [0.717, 1.165) is 11.1 Å². The van der Waals surface area contributed by atoms with E-state index >= 15 is 0 Å². The number of rotatable bonds is 3. The lowest BCUT2D eigenvalue weighted by molar-refractivity contribution is 0.000408. The van der Waals surface area contributed by atoms with Crippen LogP contribution in [0.1, 0.15) is 65.5 Å². The lowest BCUT2D eigenvalue weighted by Gasteiger charge is -2.45. The summed E-state index contributed by atoms with van der Waals surface area (Å²) in [6.07, 6.45) is -0.339. The average molecular weight is 505 g/mol. The highest BCUT2D eigenvalue weighted by molar-refractivity contribution is 6.36. The second kappa shape index (κ2) is 10.1. The molecule has 1 N–H and O–H groups in total. The Morgan fingerprint density at radius 1 is 1.12 bits per heavy atom. The van der Waals surface area contributed by atoms with Crippen molar-refractivity contribution in [1.29, 1.82) is 5.41 Å². The second-order valence-electron chi connectivity index (χ2n) is 10.2. The van der Waals surface area contributed by atoms with Crippen LogP contribution in [0.2, 0.25) is 10.2 Å². The lowest BCUT2D eigenvalue weighted by Crippen LogP contribution is -2.60. The van der Waals surface area contributed by atoms with Crippen LogP contribution in [0.4, 0.5) is 4.79 Å². The molecule has 0 spiro atoms. The first-order valence-electron chi connectivity index (χ1n) is 11.6. The van der Waals surface area contributed by atoms with Gasteiger partial charge in [0.15, 0.2) is 0 Å². The smallest absolute Gasteiger partial charge is 0.410 e. The van der Waals surface area contributed by atoms with Crippen LogP contribution in [0.25, 0.3) is 11.3 Å². The van der Waals surface area contributed by atoms with E-state index < -0.39 is 5.60 Å². The SMILES string of the molecule is CC(C)c1ccccc1-c1nc(Cl)c(C(=N)N2C[C@H](C)N(C(=O)OC(C)(C)C)C[C@@H]2C)cc1Cl. The summed E-state index contributed by atoms with van der Waals surface area (Å²) >= 11 is 13.3. The van der Waals surface area contributed by atoms with E-state index in [4.69, 9.17) is 33.3 Å². The van der Waals surface area contributed by atoms with Gasteiger partial charge in [0.2, 0.25) is 0 Å². The summed E-state index contributed by atoms with van der Waals surface area (Å²) in [5.74, 6) is 0.542. The Bertz CT molecular complexity index is 1080. The second-order valence-corrected chi connectivity index (χ2v) is 11.0. The molecule has 2 atom stereocenters. The molecule has 8 heteroatoms. The maximum Gasteiger partial charge on any atom is 0.410 e. The first-order chi connectivity index (χ1) is 15.8. The van der Waals surface area contributed by atoms with Crippen molar-refractivity contribution in [1.82, 2.24) is 14.8 Å². The third kappa shape index (κ3) is 5.66. The minimum Gasteiger partial charge on any atom is -0.444 e. The number of piperazine rings is 1. The number of amidine groups is 1. The monoisotopic (exact) mass is 504 g/mol. The van der Waals surface area contributed by atoms with Gasteiger partial charge in [-0.3, -0.25) is 5.41 Å². The third-order valence-electron chi connectivity index (χ3n) is 5.92. The lowest BCUT2D eigenvalue weighted by atomic mass is 9.95. The number of carbonyl (C=O) groups excluding carboxylic acids is 1. The van der Waals surface area contributed by atoms with E-state index in [-0.39, 0.29) is 29.2 Å². The van der Waals surface area contributed by atoms with Crippen molar-refractivity contribution in [2.75, 3.05) is 13.1 Å². The molecule has 184 valence electrons. The largest absolute Gasteiger partial charge is 0.444 e. The number of nitrogens with one attached hydrogen (secondary N) is 1. The summed E-state index contributed by atoms with van der Waals surface area (Å²) in [5, 5.41) is 9.58. The fraction of sp³-hybridized carbons (Fsp3) is 0.500. The molecule has 1 aliphatic rings. The van der Waals surface area contributed by atoms with E-state index in [1.54, 1.807) is 11.0 Å². The number of hydrogen-bond donors (Lipinski definition) is 1. The molecule has 1 aromatic carbocycles. The number of ether oxygens (including phenoxy) is 1. The molecule has 6 nitrogen and oxygen atoms in total. The van der Waals surface area contributed by atoms with Gasteiger partial charge in [-0.1, -0.05) is 61.3 Å². The zero-order valence-corrected chi connectivity index (χ0v) is 22.5.